The van der Waals surface area contributed by atoms with Gasteiger partial charge in [-0.3, -0.25) is 4.21 Å². The van der Waals surface area contributed by atoms with E-state index >= 15 is 0 Å². The van der Waals surface area contributed by atoms with Crippen LogP contribution in [0.4, 0.5) is 0 Å². The molecule has 0 aliphatic carbocycles. The van der Waals surface area contributed by atoms with Crippen LogP contribution in [-0.4, -0.2) is 16.7 Å². The standard InChI is InChI=1S/C9H9NOS.C9H9NS/c1-12(11)9-5-3-2-4-8(9)6-7-10;1-11-9-5-3-2-4-8(9)6-7-10/h2-5H,6H2,1H3;2-5H,6H2,1H3. The molecule has 0 saturated heterocycles. The van der Waals surface area contributed by atoms with Crippen molar-refractivity contribution in [1.29, 1.82) is 10.5 Å². The SMILES string of the molecule is CS(=O)c1ccccc1CC#N.CSc1ccccc1CC#N. The summed E-state index contributed by atoms with van der Waals surface area (Å²) in [5.41, 5.74) is 1.99. The van der Waals surface area contributed by atoms with Crippen molar-refractivity contribution < 1.29 is 4.21 Å². The predicted octanol–water partition coefficient (Wildman–Crippen LogP) is 3.96. The maximum atomic E-state index is 11.1. The second-order valence-electron chi connectivity index (χ2n) is 4.54. The van der Waals surface area contributed by atoms with E-state index in [9.17, 15) is 4.21 Å². The van der Waals surface area contributed by atoms with E-state index < -0.39 is 10.8 Å². The molecule has 0 aromatic heterocycles. The molecule has 0 aliphatic heterocycles. The van der Waals surface area contributed by atoms with Gasteiger partial charge in [0.15, 0.2) is 0 Å². The predicted molar refractivity (Wildman–Crippen MR) is 95.6 cm³/mol. The van der Waals surface area contributed by atoms with Crippen molar-refractivity contribution in [2.75, 3.05) is 12.5 Å². The van der Waals surface area contributed by atoms with Gasteiger partial charge in [-0.25, -0.2) is 0 Å². The summed E-state index contributed by atoms with van der Waals surface area (Å²) in [6.07, 6.45) is 4.49. The van der Waals surface area contributed by atoms with E-state index in [-0.39, 0.29) is 0 Å². The number of rotatable bonds is 4. The number of hydrogen-bond donors (Lipinski definition) is 0. The van der Waals surface area contributed by atoms with Gasteiger partial charge >= 0.3 is 0 Å². The zero-order chi connectivity index (χ0) is 17.1. The Morgan fingerprint density at radius 3 is 2.04 bits per heavy atom. The van der Waals surface area contributed by atoms with Crippen molar-refractivity contribution in [3.05, 3.63) is 59.7 Å². The Morgan fingerprint density at radius 1 is 0.957 bits per heavy atom. The first-order valence-corrected chi connectivity index (χ1v) is 9.69. The second kappa shape index (κ2) is 10.6. The van der Waals surface area contributed by atoms with Crippen LogP contribution >= 0.6 is 11.8 Å². The van der Waals surface area contributed by atoms with Crippen LogP contribution in [0.15, 0.2) is 58.3 Å². The van der Waals surface area contributed by atoms with Gasteiger partial charge in [0.25, 0.3) is 0 Å². The number of thioether (sulfide) groups is 1. The summed E-state index contributed by atoms with van der Waals surface area (Å²) < 4.78 is 11.1. The third kappa shape index (κ3) is 6.28. The van der Waals surface area contributed by atoms with Crippen LogP contribution in [0.2, 0.25) is 0 Å². The van der Waals surface area contributed by atoms with E-state index in [2.05, 4.69) is 6.07 Å². The largest absolute Gasteiger partial charge is 0.255 e. The minimum absolute atomic E-state index is 0.329. The molecule has 0 spiro atoms. The molecular weight excluding hydrogens is 324 g/mol. The molecule has 0 fully saturated rings. The van der Waals surface area contributed by atoms with Crippen molar-refractivity contribution in [3.8, 4) is 12.1 Å². The minimum Gasteiger partial charge on any atom is -0.255 e. The Balaban J connectivity index is 0.000000231. The zero-order valence-corrected chi connectivity index (χ0v) is 14.8. The molecule has 0 radical (unpaired) electrons. The lowest BCUT2D eigenvalue weighted by Crippen LogP contribution is -1.94. The van der Waals surface area contributed by atoms with Crippen molar-refractivity contribution in [2.45, 2.75) is 22.6 Å². The van der Waals surface area contributed by atoms with Crippen molar-refractivity contribution in [3.63, 3.8) is 0 Å². The first kappa shape index (κ1) is 19.0. The first-order chi connectivity index (χ1) is 11.1. The number of nitriles is 2. The fourth-order valence-electron chi connectivity index (χ4n) is 1.95. The van der Waals surface area contributed by atoms with Gasteiger partial charge in [0.2, 0.25) is 0 Å². The average Bonchev–Trinajstić information content (AvgIpc) is 2.57. The Morgan fingerprint density at radius 2 is 1.48 bits per heavy atom. The third-order valence-corrected chi connectivity index (χ3v) is 4.87. The quantitative estimate of drug-likeness (QED) is 0.789. The molecule has 2 aromatic carbocycles. The molecule has 2 rings (SSSR count). The van der Waals surface area contributed by atoms with Gasteiger partial charge in [0.1, 0.15) is 0 Å². The van der Waals surface area contributed by atoms with E-state index in [1.807, 2.05) is 54.8 Å². The second-order valence-corrected chi connectivity index (χ2v) is 6.74. The van der Waals surface area contributed by atoms with Crippen LogP contribution in [0.3, 0.4) is 0 Å². The van der Waals surface area contributed by atoms with Gasteiger partial charge in [0.05, 0.1) is 35.8 Å². The molecule has 0 bridgehead atoms. The molecule has 1 unspecified atom stereocenters. The molecule has 2 aromatic rings. The molecule has 0 amide bonds. The Bertz CT molecular complexity index is 745. The summed E-state index contributed by atoms with van der Waals surface area (Å²) in [5, 5.41) is 17.0. The van der Waals surface area contributed by atoms with Crippen LogP contribution < -0.4 is 0 Å². The van der Waals surface area contributed by atoms with Gasteiger partial charge in [-0.05, 0) is 29.5 Å². The van der Waals surface area contributed by atoms with Crippen molar-refractivity contribution in [2.24, 2.45) is 0 Å². The fraction of sp³-hybridized carbons (Fsp3) is 0.222. The highest BCUT2D eigenvalue weighted by Crippen LogP contribution is 2.19. The summed E-state index contributed by atoms with van der Waals surface area (Å²) in [6, 6.07) is 19.5. The summed E-state index contributed by atoms with van der Waals surface area (Å²) in [4.78, 5) is 1.97. The highest BCUT2D eigenvalue weighted by atomic mass is 32.2. The molecule has 0 aliphatic rings. The Hall–Kier alpha value is -2.08. The molecule has 0 saturated carbocycles. The Kier molecular flexibility index (Phi) is 8.75. The monoisotopic (exact) mass is 342 g/mol. The molecular formula is C18H18N2OS2. The normalized spacial score (nSPS) is 10.6. The van der Waals surface area contributed by atoms with Gasteiger partial charge < -0.3 is 0 Å². The smallest absolute Gasteiger partial charge is 0.0670 e. The van der Waals surface area contributed by atoms with Crippen LogP contribution in [0.5, 0.6) is 0 Å². The van der Waals surface area contributed by atoms with E-state index in [4.69, 9.17) is 10.5 Å². The molecule has 118 valence electrons. The van der Waals surface area contributed by atoms with Gasteiger partial charge in [-0.1, -0.05) is 36.4 Å². The molecule has 23 heavy (non-hydrogen) atoms. The van der Waals surface area contributed by atoms with Gasteiger partial charge in [-0.15, -0.1) is 11.8 Å². The van der Waals surface area contributed by atoms with E-state index in [0.717, 1.165) is 16.0 Å². The summed E-state index contributed by atoms with van der Waals surface area (Å²) in [5.74, 6) is 0. The molecule has 5 heteroatoms. The van der Waals surface area contributed by atoms with Gasteiger partial charge in [-0.2, -0.15) is 10.5 Å². The van der Waals surface area contributed by atoms with E-state index in [1.54, 1.807) is 24.1 Å². The minimum atomic E-state index is -0.993. The van der Waals surface area contributed by atoms with Crippen LogP contribution in [-0.2, 0) is 23.6 Å². The summed E-state index contributed by atoms with van der Waals surface area (Å²) >= 11 is 1.68. The molecule has 0 heterocycles. The van der Waals surface area contributed by atoms with Crippen LogP contribution in [0.1, 0.15) is 11.1 Å². The average molecular weight is 342 g/mol. The topological polar surface area (TPSA) is 64.7 Å². The molecule has 3 nitrogen and oxygen atoms in total. The lowest BCUT2D eigenvalue weighted by atomic mass is 10.2. The summed E-state index contributed by atoms with van der Waals surface area (Å²) in [7, 11) is -0.993. The maximum Gasteiger partial charge on any atom is 0.0670 e. The summed E-state index contributed by atoms with van der Waals surface area (Å²) in [6.45, 7) is 0. The highest BCUT2D eigenvalue weighted by molar-refractivity contribution is 7.98. The lowest BCUT2D eigenvalue weighted by Gasteiger charge is -2.01. The molecule has 0 N–H and O–H groups in total. The van der Waals surface area contributed by atoms with E-state index in [1.165, 1.54) is 4.90 Å². The lowest BCUT2D eigenvalue weighted by molar-refractivity contribution is 0.686. The maximum absolute atomic E-state index is 11.1. The van der Waals surface area contributed by atoms with Crippen LogP contribution in [0, 0.1) is 22.7 Å². The number of benzene rings is 2. The fourth-order valence-corrected chi connectivity index (χ4v) is 3.35. The first-order valence-electron chi connectivity index (χ1n) is 6.91. The third-order valence-electron chi connectivity index (χ3n) is 3.01. The van der Waals surface area contributed by atoms with E-state index in [0.29, 0.717) is 12.8 Å². The number of nitrogens with zero attached hydrogens (tertiary/aromatic N) is 2. The number of hydrogen-bond acceptors (Lipinski definition) is 4. The van der Waals surface area contributed by atoms with Crippen molar-refractivity contribution in [1.82, 2.24) is 0 Å². The zero-order valence-electron chi connectivity index (χ0n) is 13.2. The van der Waals surface area contributed by atoms with Gasteiger partial charge in [0, 0.05) is 16.0 Å². The Labute approximate surface area is 144 Å². The van der Waals surface area contributed by atoms with Crippen LogP contribution in [0.25, 0.3) is 0 Å². The molecule has 1 atom stereocenters. The van der Waals surface area contributed by atoms with Crippen molar-refractivity contribution >= 4 is 22.6 Å². The highest BCUT2D eigenvalue weighted by Gasteiger charge is 2.03.